The van der Waals surface area contributed by atoms with Gasteiger partial charge in [-0.25, -0.2) is 8.78 Å². The highest BCUT2D eigenvalue weighted by Crippen LogP contribution is 2.50. The highest BCUT2D eigenvalue weighted by atomic mass is 19.3. The molecule has 0 saturated carbocycles. The zero-order valence-electron chi connectivity index (χ0n) is 15.7. The molecule has 0 bridgehead atoms. The average Bonchev–Trinajstić information content (AvgIpc) is 3.10. The molecule has 1 unspecified atom stereocenters. The molecule has 2 saturated heterocycles. The molecule has 0 aliphatic carbocycles. The lowest BCUT2D eigenvalue weighted by Gasteiger charge is -2.48. The van der Waals surface area contributed by atoms with E-state index in [1.54, 1.807) is 18.3 Å². The van der Waals surface area contributed by atoms with Crippen molar-refractivity contribution in [2.24, 2.45) is 5.41 Å². The lowest BCUT2D eigenvalue weighted by atomic mass is 9.72. The summed E-state index contributed by atoms with van der Waals surface area (Å²) in [4.78, 5) is 6.37. The molecule has 2 aliphatic heterocycles. The Morgan fingerprint density at radius 1 is 1.21 bits per heavy atom. The molecular weight excluding hydrogens is 360 g/mol. The number of likely N-dealkylation sites (tertiary alicyclic amines) is 1. The van der Waals surface area contributed by atoms with E-state index in [0.29, 0.717) is 37.9 Å². The van der Waals surface area contributed by atoms with Crippen LogP contribution in [0.1, 0.15) is 29.5 Å². The first kappa shape index (κ1) is 19.0. The fraction of sp³-hybridized carbons (Fsp3) is 0.455. The molecule has 6 heteroatoms. The molecule has 3 heterocycles. The predicted octanol–water partition coefficient (Wildman–Crippen LogP) is 3.81. The third kappa shape index (κ3) is 3.78. The molecule has 2 atom stereocenters. The number of aromatic nitrogens is 1. The largest absolute Gasteiger partial charge is 0.365 e. The van der Waals surface area contributed by atoms with Crippen LogP contribution < -0.4 is 0 Å². The minimum Gasteiger partial charge on any atom is -0.365 e. The molecule has 0 N–H and O–H groups in total. The van der Waals surface area contributed by atoms with Crippen molar-refractivity contribution < 1.29 is 13.5 Å². The first-order valence-corrected chi connectivity index (χ1v) is 9.61. The number of ether oxygens (including phenoxy) is 1. The van der Waals surface area contributed by atoms with E-state index in [1.165, 1.54) is 0 Å². The van der Waals surface area contributed by atoms with E-state index in [2.05, 4.69) is 16.0 Å². The monoisotopic (exact) mass is 383 g/mol. The van der Waals surface area contributed by atoms with Gasteiger partial charge in [0, 0.05) is 30.9 Å². The molecule has 28 heavy (non-hydrogen) atoms. The van der Waals surface area contributed by atoms with Gasteiger partial charge in [0.15, 0.2) is 0 Å². The van der Waals surface area contributed by atoms with E-state index < -0.39 is 24.0 Å². The Labute approximate surface area is 163 Å². The smallest absolute Gasteiger partial charge is 0.297 e. The number of hydrogen-bond donors (Lipinski definition) is 0. The van der Waals surface area contributed by atoms with E-state index in [0.717, 1.165) is 17.7 Å². The van der Waals surface area contributed by atoms with Crippen LogP contribution in [0.2, 0.25) is 0 Å². The van der Waals surface area contributed by atoms with Crippen LogP contribution in [0.3, 0.4) is 0 Å². The number of hydrogen-bond acceptors (Lipinski definition) is 4. The zero-order chi connectivity index (χ0) is 19.6. The molecular formula is C22H23F2N3O. The summed E-state index contributed by atoms with van der Waals surface area (Å²) < 4.78 is 34.0. The van der Waals surface area contributed by atoms with Crippen LogP contribution in [0.15, 0.2) is 48.8 Å². The Hall–Kier alpha value is -2.36. The van der Waals surface area contributed by atoms with Gasteiger partial charge in [0.05, 0.1) is 11.6 Å². The molecule has 2 aromatic rings. The normalized spacial score (nSPS) is 26.5. The van der Waals surface area contributed by atoms with Crippen LogP contribution in [0.25, 0.3) is 0 Å². The van der Waals surface area contributed by atoms with Crippen LogP contribution in [-0.2, 0) is 17.7 Å². The van der Waals surface area contributed by atoms with Gasteiger partial charge in [-0.05, 0) is 55.1 Å². The van der Waals surface area contributed by atoms with Crippen LogP contribution in [0.5, 0.6) is 0 Å². The molecule has 2 fully saturated rings. The maximum absolute atomic E-state index is 14.3. The number of alkyl halides is 2. The number of nitriles is 1. The topological polar surface area (TPSA) is 49.1 Å². The van der Waals surface area contributed by atoms with E-state index >= 15 is 0 Å². The standard InChI is InChI=1S/C22H23F2N3O/c23-22(24)16-28-20(22)21(8-7-17-3-5-18(12-25)6-4-17)9-11-27(15-21)14-19-2-1-10-26-13-19/h1-6,10,13,20H,7-9,11,14-16H2/t20?,21-/m1/s1. The lowest BCUT2D eigenvalue weighted by Crippen LogP contribution is -2.61. The SMILES string of the molecule is N#Cc1ccc(CC[C@@]2(C3OCC3(F)F)CCN(Cc3cccnc3)C2)cc1. The number of aryl methyl sites for hydroxylation is 1. The quantitative estimate of drug-likeness (QED) is 0.761. The fourth-order valence-corrected chi connectivity index (χ4v) is 4.47. The maximum Gasteiger partial charge on any atom is 0.297 e. The van der Waals surface area contributed by atoms with Crippen molar-refractivity contribution in [3.05, 3.63) is 65.5 Å². The molecule has 2 aliphatic rings. The summed E-state index contributed by atoms with van der Waals surface area (Å²) >= 11 is 0. The van der Waals surface area contributed by atoms with E-state index in [-0.39, 0.29) is 0 Å². The highest BCUT2D eigenvalue weighted by Gasteiger charge is 2.61. The summed E-state index contributed by atoms with van der Waals surface area (Å²) in [6.45, 7) is 1.61. The van der Waals surface area contributed by atoms with Gasteiger partial charge >= 0.3 is 0 Å². The first-order chi connectivity index (χ1) is 13.5. The molecule has 4 rings (SSSR count). The van der Waals surface area contributed by atoms with Crippen molar-refractivity contribution in [3.63, 3.8) is 0 Å². The van der Waals surface area contributed by atoms with Crippen LogP contribution in [0.4, 0.5) is 8.78 Å². The number of pyridine rings is 1. The minimum atomic E-state index is -2.75. The minimum absolute atomic E-state index is 0.473. The van der Waals surface area contributed by atoms with Crippen molar-refractivity contribution in [3.8, 4) is 6.07 Å². The summed E-state index contributed by atoms with van der Waals surface area (Å²) in [5.41, 5.74) is 2.20. The summed E-state index contributed by atoms with van der Waals surface area (Å²) in [5.74, 6) is -2.75. The summed E-state index contributed by atoms with van der Waals surface area (Å²) in [7, 11) is 0. The third-order valence-corrected chi connectivity index (χ3v) is 5.97. The second kappa shape index (κ2) is 7.57. The van der Waals surface area contributed by atoms with E-state index in [9.17, 15) is 8.78 Å². The number of benzene rings is 1. The highest BCUT2D eigenvalue weighted by molar-refractivity contribution is 5.31. The van der Waals surface area contributed by atoms with Gasteiger partial charge in [-0.1, -0.05) is 18.2 Å². The van der Waals surface area contributed by atoms with Gasteiger partial charge in [0.25, 0.3) is 5.92 Å². The molecule has 0 amide bonds. The second-order valence-corrected chi connectivity index (χ2v) is 7.95. The Morgan fingerprint density at radius 3 is 2.64 bits per heavy atom. The van der Waals surface area contributed by atoms with Gasteiger partial charge in [-0.2, -0.15) is 5.26 Å². The van der Waals surface area contributed by atoms with Gasteiger partial charge in [0.1, 0.15) is 12.7 Å². The van der Waals surface area contributed by atoms with E-state index in [4.69, 9.17) is 10.00 Å². The van der Waals surface area contributed by atoms with Crippen molar-refractivity contribution in [1.29, 1.82) is 5.26 Å². The fourth-order valence-electron chi connectivity index (χ4n) is 4.47. The lowest BCUT2D eigenvalue weighted by molar-refractivity contribution is -0.301. The van der Waals surface area contributed by atoms with Crippen molar-refractivity contribution in [2.45, 2.75) is 37.8 Å². The number of halogens is 2. The molecule has 1 aromatic carbocycles. The van der Waals surface area contributed by atoms with Gasteiger partial charge in [-0.15, -0.1) is 0 Å². The summed E-state index contributed by atoms with van der Waals surface area (Å²) in [6.07, 6.45) is 4.58. The van der Waals surface area contributed by atoms with Crippen LogP contribution in [-0.4, -0.2) is 41.6 Å². The Balaban J connectivity index is 1.48. The van der Waals surface area contributed by atoms with Crippen molar-refractivity contribution >= 4 is 0 Å². The Kier molecular flexibility index (Phi) is 5.13. The van der Waals surface area contributed by atoms with Gasteiger partial charge < -0.3 is 4.74 Å². The summed E-state index contributed by atoms with van der Waals surface area (Å²) in [6, 6.07) is 13.4. The molecule has 0 radical (unpaired) electrons. The van der Waals surface area contributed by atoms with Crippen molar-refractivity contribution in [2.75, 3.05) is 19.7 Å². The molecule has 1 aromatic heterocycles. The van der Waals surface area contributed by atoms with Crippen LogP contribution in [0, 0.1) is 16.7 Å². The number of rotatable bonds is 6. The average molecular weight is 383 g/mol. The van der Waals surface area contributed by atoms with Crippen LogP contribution >= 0.6 is 0 Å². The molecule has 146 valence electrons. The van der Waals surface area contributed by atoms with E-state index in [1.807, 2.05) is 30.5 Å². The number of nitrogens with zero attached hydrogens (tertiary/aromatic N) is 3. The Bertz CT molecular complexity index is 850. The second-order valence-electron chi connectivity index (χ2n) is 7.95. The third-order valence-electron chi connectivity index (χ3n) is 5.97. The molecule has 0 spiro atoms. The zero-order valence-corrected chi connectivity index (χ0v) is 15.7. The molecule has 4 nitrogen and oxygen atoms in total. The first-order valence-electron chi connectivity index (χ1n) is 9.61. The maximum atomic E-state index is 14.3. The van der Waals surface area contributed by atoms with Gasteiger partial charge in [0.2, 0.25) is 0 Å². The van der Waals surface area contributed by atoms with Crippen molar-refractivity contribution in [1.82, 2.24) is 9.88 Å². The Morgan fingerprint density at radius 2 is 2.04 bits per heavy atom. The summed E-state index contributed by atoms with van der Waals surface area (Å²) in [5, 5.41) is 8.93. The van der Waals surface area contributed by atoms with Gasteiger partial charge in [-0.3, -0.25) is 9.88 Å². The predicted molar refractivity (Wildman–Crippen MR) is 101 cm³/mol.